The zero-order valence-electron chi connectivity index (χ0n) is 10.5. The van der Waals surface area contributed by atoms with Gasteiger partial charge in [-0.1, -0.05) is 0 Å². The number of nitrogens with two attached hydrogens (primary N) is 1. The lowest BCUT2D eigenvalue weighted by molar-refractivity contribution is 0.142. The highest BCUT2D eigenvalue weighted by molar-refractivity contribution is 5.58. The van der Waals surface area contributed by atoms with Crippen LogP contribution in [0.5, 0.6) is 0 Å². The molecule has 0 saturated heterocycles. The van der Waals surface area contributed by atoms with Gasteiger partial charge >= 0.3 is 0 Å². The second-order valence-electron chi connectivity index (χ2n) is 3.99. The van der Waals surface area contributed by atoms with Crippen molar-refractivity contribution in [3.63, 3.8) is 0 Å². The zero-order valence-corrected chi connectivity index (χ0v) is 10.5. The number of ether oxygens (including phenoxy) is 1. The minimum Gasteiger partial charge on any atom is -0.384 e. The fraction of sp³-hybridized carbons (Fsp3) is 0.385. The van der Waals surface area contributed by atoms with Crippen molar-refractivity contribution in [3.05, 3.63) is 30.9 Å². The molecule has 2 heterocycles. The molecule has 0 unspecified atom stereocenters. The lowest BCUT2D eigenvalue weighted by Crippen LogP contribution is -2.03. The van der Waals surface area contributed by atoms with Crippen molar-refractivity contribution >= 4 is 5.82 Å². The van der Waals surface area contributed by atoms with E-state index in [1.807, 2.05) is 25.5 Å². The van der Waals surface area contributed by atoms with Crippen LogP contribution in [0.1, 0.15) is 13.3 Å². The Morgan fingerprint density at radius 3 is 2.94 bits per heavy atom. The molecule has 5 heteroatoms. The number of hydrogen-bond acceptors (Lipinski definition) is 4. The minimum absolute atomic E-state index is 0.529. The van der Waals surface area contributed by atoms with E-state index in [1.165, 1.54) is 0 Å². The third-order valence-electron chi connectivity index (χ3n) is 2.69. The quantitative estimate of drug-likeness (QED) is 0.791. The molecule has 5 nitrogen and oxygen atoms in total. The molecule has 96 valence electrons. The smallest absolute Gasteiger partial charge is 0.123 e. The molecule has 0 spiro atoms. The number of anilines is 1. The first-order valence-electron chi connectivity index (χ1n) is 6.11. The molecule has 0 saturated carbocycles. The van der Waals surface area contributed by atoms with Gasteiger partial charge in [0.05, 0.1) is 18.2 Å². The van der Waals surface area contributed by atoms with Crippen LogP contribution in [0, 0.1) is 0 Å². The molecule has 2 aromatic rings. The van der Waals surface area contributed by atoms with Gasteiger partial charge in [-0.3, -0.25) is 0 Å². The number of pyridine rings is 1. The topological polar surface area (TPSA) is 66.0 Å². The van der Waals surface area contributed by atoms with Crippen molar-refractivity contribution in [1.29, 1.82) is 0 Å². The Hall–Kier alpha value is -1.88. The van der Waals surface area contributed by atoms with E-state index in [2.05, 4.69) is 14.5 Å². The standard InChI is InChI=1S/C13H18N4O/c1-2-18-7-3-6-17-10-15-9-12(17)11-4-5-13(14)16-8-11/h4-5,8-10H,2-3,6-7H2,1H3,(H2,14,16). The fourth-order valence-corrected chi connectivity index (χ4v) is 1.78. The molecule has 2 N–H and O–H groups in total. The summed E-state index contributed by atoms with van der Waals surface area (Å²) < 4.78 is 7.43. The maximum absolute atomic E-state index is 5.58. The normalized spacial score (nSPS) is 10.7. The summed E-state index contributed by atoms with van der Waals surface area (Å²) in [5.41, 5.74) is 7.66. The van der Waals surface area contributed by atoms with Gasteiger partial charge in [0.1, 0.15) is 5.82 Å². The number of imidazole rings is 1. The summed E-state index contributed by atoms with van der Waals surface area (Å²) in [6.45, 7) is 4.43. The largest absolute Gasteiger partial charge is 0.384 e. The van der Waals surface area contributed by atoms with E-state index in [9.17, 15) is 0 Å². The number of nitrogen functional groups attached to an aromatic ring is 1. The molecule has 0 aliphatic carbocycles. The summed E-state index contributed by atoms with van der Waals surface area (Å²) in [5.74, 6) is 0.529. The van der Waals surface area contributed by atoms with Gasteiger partial charge in [-0.2, -0.15) is 0 Å². The van der Waals surface area contributed by atoms with Crippen molar-refractivity contribution in [1.82, 2.24) is 14.5 Å². The van der Waals surface area contributed by atoms with Crippen molar-refractivity contribution in [2.24, 2.45) is 0 Å². The number of aromatic nitrogens is 3. The van der Waals surface area contributed by atoms with Gasteiger partial charge in [-0.05, 0) is 25.5 Å². The molecule has 0 amide bonds. The van der Waals surface area contributed by atoms with Crippen molar-refractivity contribution in [3.8, 4) is 11.3 Å². The molecular weight excluding hydrogens is 228 g/mol. The molecule has 0 aromatic carbocycles. The first kappa shape index (κ1) is 12.6. The first-order valence-corrected chi connectivity index (χ1v) is 6.11. The minimum atomic E-state index is 0.529. The summed E-state index contributed by atoms with van der Waals surface area (Å²) in [6, 6.07) is 3.76. The van der Waals surface area contributed by atoms with Crippen LogP contribution < -0.4 is 5.73 Å². The summed E-state index contributed by atoms with van der Waals surface area (Å²) in [5, 5.41) is 0. The number of rotatable bonds is 6. The highest BCUT2D eigenvalue weighted by atomic mass is 16.5. The van der Waals surface area contributed by atoms with Gasteiger partial charge in [0, 0.05) is 31.5 Å². The Kier molecular flexibility index (Phi) is 4.30. The van der Waals surface area contributed by atoms with Gasteiger partial charge in [0.15, 0.2) is 0 Å². The molecule has 0 bridgehead atoms. The predicted molar refractivity (Wildman–Crippen MR) is 71.0 cm³/mol. The molecule has 0 radical (unpaired) electrons. The zero-order chi connectivity index (χ0) is 12.8. The lowest BCUT2D eigenvalue weighted by Gasteiger charge is -2.08. The average Bonchev–Trinajstić information content (AvgIpc) is 2.84. The third-order valence-corrected chi connectivity index (χ3v) is 2.69. The van der Waals surface area contributed by atoms with Gasteiger partial charge in [0.2, 0.25) is 0 Å². The van der Waals surface area contributed by atoms with Gasteiger partial charge in [0.25, 0.3) is 0 Å². The summed E-state index contributed by atoms with van der Waals surface area (Å²) in [4.78, 5) is 8.28. The van der Waals surface area contributed by atoms with Crippen LogP contribution in [0.4, 0.5) is 5.82 Å². The third kappa shape index (κ3) is 3.07. The van der Waals surface area contributed by atoms with E-state index >= 15 is 0 Å². The Balaban J connectivity index is 2.05. The van der Waals surface area contributed by atoms with Crippen LogP contribution in [0.25, 0.3) is 11.3 Å². The SMILES string of the molecule is CCOCCCn1cncc1-c1ccc(N)nc1. The Labute approximate surface area is 107 Å². The number of nitrogens with zero attached hydrogens (tertiary/aromatic N) is 3. The van der Waals surface area contributed by atoms with Crippen LogP contribution in [0.15, 0.2) is 30.9 Å². The second-order valence-corrected chi connectivity index (χ2v) is 3.99. The van der Waals surface area contributed by atoms with Crippen molar-refractivity contribution in [2.45, 2.75) is 19.9 Å². The van der Waals surface area contributed by atoms with Crippen LogP contribution in [0.2, 0.25) is 0 Å². The van der Waals surface area contributed by atoms with E-state index in [0.717, 1.165) is 37.4 Å². The molecular formula is C13H18N4O. The maximum atomic E-state index is 5.58. The van der Waals surface area contributed by atoms with Gasteiger partial charge in [-0.25, -0.2) is 9.97 Å². The van der Waals surface area contributed by atoms with Crippen molar-refractivity contribution < 1.29 is 4.74 Å². The molecule has 18 heavy (non-hydrogen) atoms. The molecule has 0 atom stereocenters. The van der Waals surface area contributed by atoms with Crippen LogP contribution >= 0.6 is 0 Å². The molecule has 0 fully saturated rings. The van der Waals surface area contributed by atoms with E-state index in [4.69, 9.17) is 10.5 Å². The highest BCUT2D eigenvalue weighted by Crippen LogP contribution is 2.18. The monoisotopic (exact) mass is 246 g/mol. The van der Waals surface area contributed by atoms with Gasteiger partial charge < -0.3 is 15.0 Å². The fourth-order valence-electron chi connectivity index (χ4n) is 1.78. The number of hydrogen-bond donors (Lipinski definition) is 1. The maximum Gasteiger partial charge on any atom is 0.123 e. The van der Waals surface area contributed by atoms with Crippen molar-refractivity contribution in [2.75, 3.05) is 18.9 Å². The van der Waals surface area contributed by atoms with Crippen LogP contribution in [0.3, 0.4) is 0 Å². The number of aryl methyl sites for hydroxylation is 1. The molecule has 2 aromatic heterocycles. The molecule has 2 rings (SSSR count). The summed E-state index contributed by atoms with van der Waals surface area (Å²) in [7, 11) is 0. The first-order chi connectivity index (χ1) is 8.81. The predicted octanol–water partition coefficient (Wildman–Crippen LogP) is 1.95. The Bertz CT molecular complexity index is 478. The van der Waals surface area contributed by atoms with E-state index in [-0.39, 0.29) is 0 Å². The van der Waals surface area contributed by atoms with Crippen LogP contribution in [-0.2, 0) is 11.3 Å². The second kappa shape index (κ2) is 6.16. The van der Waals surface area contributed by atoms with E-state index in [0.29, 0.717) is 5.82 Å². The average molecular weight is 246 g/mol. The molecule has 0 aliphatic rings. The molecule has 0 aliphatic heterocycles. The van der Waals surface area contributed by atoms with E-state index in [1.54, 1.807) is 12.3 Å². The summed E-state index contributed by atoms with van der Waals surface area (Å²) >= 11 is 0. The van der Waals surface area contributed by atoms with E-state index < -0.39 is 0 Å². The van der Waals surface area contributed by atoms with Crippen LogP contribution in [-0.4, -0.2) is 27.7 Å². The van der Waals surface area contributed by atoms with Gasteiger partial charge in [-0.15, -0.1) is 0 Å². The lowest BCUT2D eigenvalue weighted by atomic mass is 10.2. The Morgan fingerprint density at radius 2 is 2.22 bits per heavy atom. The highest BCUT2D eigenvalue weighted by Gasteiger charge is 2.05. The summed E-state index contributed by atoms with van der Waals surface area (Å²) in [6.07, 6.45) is 6.41. The Morgan fingerprint density at radius 1 is 1.33 bits per heavy atom.